The fourth-order valence-corrected chi connectivity index (χ4v) is 3.09. The molecule has 2 aromatic rings. The summed E-state index contributed by atoms with van der Waals surface area (Å²) in [6, 6.07) is 3.37. The van der Waals surface area contributed by atoms with Crippen LogP contribution in [0.25, 0.3) is 0 Å². The summed E-state index contributed by atoms with van der Waals surface area (Å²) in [6.45, 7) is 10.1. The highest BCUT2D eigenvalue weighted by molar-refractivity contribution is 5.92. The number of H-pyrrole nitrogens is 1. The Bertz CT molecular complexity index is 761. The summed E-state index contributed by atoms with van der Waals surface area (Å²) >= 11 is 0. The molecule has 8 heteroatoms. The average molecular weight is 361 g/mol. The van der Waals surface area contributed by atoms with E-state index in [0.29, 0.717) is 25.3 Å². The van der Waals surface area contributed by atoms with Crippen molar-refractivity contribution in [2.75, 3.05) is 13.1 Å². The predicted molar refractivity (Wildman–Crippen MR) is 95.7 cm³/mol. The highest BCUT2D eigenvalue weighted by Gasteiger charge is 2.30. The summed E-state index contributed by atoms with van der Waals surface area (Å²) < 4.78 is 4.92. The molecular formula is C18H27N5O3. The second-order valence-electron chi connectivity index (χ2n) is 8.02. The van der Waals surface area contributed by atoms with Gasteiger partial charge in [-0.05, 0) is 19.4 Å². The number of aromatic amines is 1. The summed E-state index contributed by atoms with van der Waals surface area (Å²) in [5, 5.41) is 24.4. The van der Waals surface area contributed by atoms with Crippen molar-refractivity contribution in [3.8, 4) is 0 Å². The van der Waals surface area contributed by atoms with E-state index in [1.165, 1.54) is 0 Å². The zero-order valence-corrected chi connectivity index (χ0v) is 15.7. The van der Waals surface area contributed by atoms with Crippen molar-refractivity contribution < 1.29 is 14.4 Å². The van der Waals surface area contributed by atoms with E-state index in [9.17, 15) is 9.90 Å². The number of hydrogen-bond donors (Lipinski definition) is 3. The Hall–Kier alpha value is -2.19. The molecule has 0 unspecified atom stereocenters. The maximum Gasteiger partial charge on any atom is 0.273 e. The standard InChI is InChI=1S/C18H27N5O3/c1-11-7-14(22-26-11)17(25)19-13-5-6-23(10-15(13)24)9-12-8-16(21-20-12)18(2,3)4/h7-8,13,15,24H,5-6,9-10H2,1-4H3,(H,19,25)(H,20,21)/t13-,15-/m1/s1. The zero-order valence-electron chi connectivity index (χ0n) is 15.7. The van der Waals surface area contributed by atoms with Gasteiger partial charge in [0.25, 0.3) is 5.91 Å². The van der Waals surface area contributed by atoms with Crippen molar-refractivity contribution >= 4 is 5.91 Å². The Morgan fingerprint density at radius 2 is 2.23 bits per heavy atom. The zero-order chi connectivity index (χ0) is 18.9. The first kappa shape index (κ1) is 18.6. The Morgan fingerprint density at radius 3 is 2.81 bits per heavy atom. The summed E-state index contributed by atoms with van der Waals surface area (Å²) in [5.41, 5.74) is 2.30. The maximum atomic E-state index is 12.2. The van der Waals surface area contributed by atoms with E-state index < -0.39 is 6.10 Å². The number of rotatable bonds is 4. The van der Waals surface area contributed by atoms with Crippen LogP contribution in [0.4, 0.5) is 0 Å². The third-order valence-corrected chi connectivity index (χ3v) is 4.64. The monoisotopic (exact) mass is 361 g/mol. The Morgan fingerprint density at radius 1 is 1.46 bits per heavy atom. The largest absolute Gasteiger partial charge is 0.390 e. The van der Waals surface area contributed by atoms with Gasteiger partial charge in [0, 0.05) is 36.8 Å². The van der Waals surface area contributed by atoms with E-state index >= 15 is 0 Å². The average Bonchev–Trinajstić information content (AvgIpc) is 3.18. The van der Waals surface area contributed by atoms with Crippen molar-refractivity contribution in [1.29, 1.82) is 0 Å². The summed E-state index contributed by atoms with van der Waals surface area (Å²) in [7, 11) is 0. The molecule has 2 atom stereocenters. The van der Waals surface area contributed by atoms with Gasteiger partial charge in [0.1, 0.15) is 5.76 Å². The molecule has 142 valence electrons. The molecule has 1 fully saturated rings. The van der Waals surface area contributed by atoms with Crippen LogP contribution in [0.1, 0.15) is 54.8 Å². The molecular weight excluding hydrogens is 334 g/mol. The number of nitrogens with one attached hydrogen (secondary N) is 2. The summed E-state index contributed by atoms with van der Waals surface area (Å²) in [6.07, 6.45) is 0.0370. The van der Waals surface area contributed by atoms with Crippen LogP contribution < -0.4 is 5.32 Å². The molecule has 0 spiro atoms. The number of aromatic nitrogens is 3. The van der Waals surface area contributed by atoms with Crippen LogP contribution in [0.3, 0.4) is 0 Å². The molecule has 0 bridgehead atoms. The van der Waals surface area contributed by atoms with Gasteiger partial charge < -0.3 is 14.9 Å². The number of aliphatic hydroxyl groups excluding tert-OH is 1. The number of nitrogens with zero attached hydrogens (tertiary/aromatic N) is 3. The molecule has 1 aliphatic rings. The number of piperidine rings is 1. The Kier molecular flexibility index (Phi) is 5.15. The lowest BCUT2D eigenvalue weighted by Gasteiger charge is -2.35. The number of amides is 1. The van der Waals surface area contributed by atoms with Gasteiger partial charge in [0.15, 0.2) is 5.69 Å². The van der Waals surface area contributed by atoms with Crippen molar-refractivity contribution in [3.63, 3.8) is 0 Å². The van der Waals surface area contributed by atoms with Gasteiger partial charge in [-0.2, -0.15) is 5.10 Å². The molecule has 0 radical (unpaired) electrons. The minimum atomic E-state index is -0.634. The fraction of sp³-hybridized carbons (Fsp3) is 0.611. The third-order valence-electron chi connectivity index (χ3n) is 4.64. The minimum Gasteiger partial charge on any atom is -0.390 e. The molecule has 3 rings (SSSR count). The van der Waals surface area contributed by atoms with Gasteiger partial charge in [-0.3, -0.25) is 14.8 Å². The summed E-state index contributed by atoms with van der Waals surface area (Å²) in [5.74, 6) is 0.266. The highest BCUT2D eigenvalue weighted by Crippen LogP contribution is 2.21. The second kappa shape index (κ2) is 7.20. The van der Waals surface area contributed by atoms with Crippen molar-refractivity contribution in [3.05, 3.63) is 35.0 Å². The number of aliphatic hydroxyl groups is 1. The van der Waals surface area contributed by atoms with E-state index in [4.69, 9.17) is 4.52 Å². The number of hydrogen-bond acceptors (Lipinski definition) is 6. The van der Waals surface area contributed by atoms with E-state index in [1.807, 2.05) is 0 Å². The topological polar surface area (TPSA) is 107 Å². The van der Waals surface area contributed by atoms with Gasteiger partial charge in [0.05, 0.1) is 17.8 Å². The molecule has 1 saturated heterocycles. The number of aryl methyl sites for hydroxylation is 1. The second-order valence-corrected chi connectivity index (χ2v) is 8.02. The lowest BCUT2D eigenvalue weighted by Crippen LogP contribution is -2.53. The number of likely N-dealkylation sites (tertiary alicyclic amines) is 1. The van der Waals surface area contributed by atoms with Gasteiger partial charge in [-0.25, -0.2) is 0 Å². The van der Waals surface area contributed by atoms with Gasteiger partial charge in [-0.15, -0.1) is 0 Å². The van der Waals surface area contributed by atoms with Crippen LogP contribution in [0.2, 0.25) is 0 Å². The van der Waals surface area contributed by atoms with Gasteiger partial charge in [-0.1, -0.05) is 25.9 Å². The van der Waals surface area contributed by atoms with Crippen LogP contribution in [0.5, 0.6) is 0 Å². The first-order valence-electron chi connectivity index (χ1n) is 8.92. The third kappa shape index (κ3) is 4.31. The van der Waals surface area contributed by atoms with Crippen LogP contribution in [0, 0.1) is 6.92 Å². The van der Waals surface area contributed by atoms with E-state index in [-0.39, 0.29) is 23.1 Å². The predicted octanol–water partition coefficient (Wildman–Crippen LogP) is 1.37. The lowest BCUT2D eigenvalue weighted by atomic mass is 9.92. The fourth-order valence-electron chi connectivity index (χ4n) is 3.09. The lowest BCUT2D eigenvalue weighted by molar-refractivity contribution is 0.0343. The number of β-amino-alcohol motifs (C(OH)–C–C–N with tert-alkyl or cyclic N) is 1. The molecule has 0 aromatic carbocycles. The molecule has 1 aliphatic heterocycles. The molecule has 2 aromatic heterocycles. The maximum absolute atomic E-state index is 12.2. The van der Waals surface area contributed by atoms with Gasteiger partial charge in [0.2, 0.25) is 0 Å². The normalized spacial score (nSPS) is 21.7. The Labute approximate surface area is 152 Å². The molecule has 1 amide bonds. The van der Waals surface area contributed by atoms with Crippen molar-refractivity contribution in [2.24, 2.45) is 0 Å². The van der Waals surface area contributed by atoms with Crippen LogP contribution >= 0.6 is 0 Å². The molecule has 8 nitrogen and oxygen atoms in total. The van der Waals surface area contributed by atoms with E-state index in [1.54, 1.807) is 13.0 Å². The minimum absolute atomic E-state index is 0.00497. The smallest absolute Gasteiger partial charge is 0.273 e. The molecule has 0 saturated carbocycles. The quantitative estimate of drug-likeness (QED) is 0.759. The molecule has 3 heterocycles. The van der Waals surface area contributed by atoms with Crippen molar-refractivity contribution in [1.82, 2.24) is 25.6 Å². The van der Waals surface area contributed by atoms with E-state index in [2.05, 4.69) is 52.4 Å². The van der Waals surface area contributed by atoms with Gasteiger partial charge >= 0.3 is 0 Å². The number of carbonyl (C=O) groups is 1. The van der Waals surface area contributed by atoms with Crippen LogP contribution in [0.15, 0.2) is 16.7 Å². The SMILES string of the molecule is Cc1cc(C(=O)N[C@@H]2CCN(Cc3cc(C(C)(C)C)n[nH]3)C[C@H]2O)no1. The number of carbonyl (C=O) groups excluding carboxylic acids is 1. The van der Waals surface area contributed by atoms with Crippen LogP contribution in [-0.4, -0.2) is 56.5 Å². The molecule has 26 heavy (non-hydrogen) atoms. The summed E-state index contributed by atoms with van der Waals surface area (Å²) in [4.78, 5) is 14.3. The first-order chi connectivity index (χ1) is 12.2. The van der Waals surface area contributed by atoms with E-state index in [0.717, 1.165) is 17.9 Å². The van der Waals surface area contributed by atoms with Crippen molar-refractivity contribution in [2.45, 2.75) is 58.2 Å². The first-order valence-corrected chi connectivity index (χ1v) is 8.92. The Balaban J connectivity index is 1.53. The molecule has 0 aliphatic carbocycles. The molecule has 3 N–H and O–H groups in total. The van der Waals surface area contributed by atoms with Crippen LogP contribution in [-0.2, 0) is 12.0 Å². The highest BCUT2D eigenvalue weighted by atomic mass is 16.5.